The van der Waals surface area contributed by atoms with Gasteiger partial charge in [0, 0.05) is 5.54 Å². The lowest BCUT2D eigenvalue weighted by molar-refractivity contribution is 0.387. The first-order valence-electron chi connectivity index (χ1n) is 7.07. The van der Waals surface area contributed by atoms with Crippen molar-refractivity contribution in [3.63, 3.8) is 0 Å². The normalized spacial score (nSPS) is 11.1. The van der Waals surface area contributed by atoms with Crippen molar-refractivity contribution in [2.24, 2.45) is 5.73 Å². The van der Waals surface area contributed by atoms with Gasteiger partial charge in [-0.3, -0.25) is 0 Å². The van der Waals surface area contributed by atoms with Crippen molar-refractivity contribution < 1.29 is 0 Å². The minimum atomic E-state index is -0.0822. The van der Waals surface area contributed by atoms with Gasteiger partial charge in [-0.25, -0.2) is 0 Å². The molecule has 2 heteroatoms. The van der Waals surface area contributed by atoms with E-state index in [1.807, 2.05) is 0 Å². The molecule has 0 aromatic rings. The van der Waals surface area contributed by atoms with E-state index in [1.165, 1.54) is 44.1 Å². The van der Waals surface area contributed by atoms with Gasteiger partial charge in [0.05, 0.1) is 0 Å². The van der Waals surface area contributed by atoms with Crippen LogP contribution in [0.15, 0.2) is 12.2 Å². The van der Waals surface area contributed by atoms with Gasteiger partial charge in [0.2, 0.25) is 0 Å². The number of hydrogen-bond acceptors (Lipinski definition) is 1. The van der Waals surface area contributed by atoms with E-state index in [4.69, 9.17) is 5.73 Å². The van der Waals surface area contributed by atoms with Crippen LogP contribution < -0.4 is 5.73 Å². The molecule has 104 valence electrons. The van der Waals surface area contributed by atoms with E-state index in [-0.39, 0.29) is 22.5 Å². The van der Waals surface area contributed by atoms with Crippen LogP contribution in [0.3, 0.4) is 0 Å². The summed E-state index contributed by atoms with van der Waals surface area (Å²) in [7, 11) is 0. The van der Waals surface area contributed by atoms with Crippen LogP contribution in [0.5, 0.6) is 0 Å². The Balaban J connectivity index is 0. The highest BCUT2D eigenvalue weighted by molar-refractivity contribution is 8.93. The molecule has 0 aromatic carbocycles. The number of hydrogen-bond donors (Lipinski definition) is 1. The molecule has 2 N–H and O–H groups in total. The van der Waals surface area contributed by atoms with E-state index >= 15 is 0 Å². The highest BCUT2D eigenvalue weighted by atomic mass is 79.9. The van der Waals surface area contributed by atoms with Gasteiger partial charge in [0.1, 0.15) is 0 Å². The summed E-state index contributed by atoms with van der Waals surface area (Å²) in [5, 5.41) is 0. The third kappa shape index (κ3) is 7.99. The van der Waals surface area contributed by atoms with Crippen LogP contribution in [-0.2, 0) is 0 Å². The predicted octanol–water partition coefficient (Wildman–Crippen LogP) is 5.39. The lowest BCUT2D eigenvalue weighted by Gasteiger charge is -2.32. The Morgan fingerprint density at radius 3 is 1.71 bits per heavy atom. The van der Waals surface area contributed by atoms with Crippen molar-refractivity contribution in [2.75, 3.05) is 0 Å². The second-order valence-electron chi connectivity index (χ2n) is 5.07. The third-order valence-electron chi connectivity index (χ3n) is 3.49. The molecule has 0 bridgehead atoms. The fourth-order valence-electron chi connectivity index (χ4n) is 2.10. The van der Waals surface area contributed by atoms with Crippen molar-refractivity contribution >= 4 is 17.0 Å². The van der Waals surface area contributed by atoms with Crippen LogP contribution in [0.1, 0.15) is 78.6 Å². The minimum absolute atomic E-state index is 0. The van der Waals surface area contributed by atoms with Crippen molar-refractivity contribution in [1.82, 2.24) is 0 Å². The summed E-state index contributed by atoms with van der Waals surface area (Å²) in [6.45, 7) is 10.9. The van der Waals surface area contributed by atoms with Crippen molar-refractivity contribution in [3.05, 3.63) is 12.2 Å². The van der Waals surface area contributed by atoms with Crippen LogP contribution in [0.2, 0.25) is 0 Å². The zero-order valence-corrected chi connectivity index (χ0v) is 13.8. The van der Waals surface area contributed by atoms with Crippen molar-refractivity contribution in [1.29, 1.82) is 0 Å². The molecule has 0 radical (unpaired) electrons. The average Bonchev–Trinajstić information content (AvgIpc) is 2.30. The van der Waals surface area contributed by atoms with Crippen molar-refractivity contribution in [2.45, 2.75) is 84.1 Å². The number of halogens is 1. The highest BCUT2D eigenvalue weighted by Gasteiger charge is 2.26. The van der Waals surface area contributed by atoms with Crippen LogP contribution in [0.4, 0.5) is 0 Å². The topological polar surface area (TPSA) is 26.0 Å². The molecule has 0 rings (SSSR count). The van der Waals surface area contributed by atoms with Gasteiger partial charge < -0.3 is 5.73 Å². The first-order valence-corrected chi connectivity index (χ1v) is 7.07. The predicted molar refractivity (Wildman–Crippen MR) is 85.0 cm³/mol. The molecule has 0 aliphatic rings. The molecule has 0 saturated carbocycles. The van der Waals surface area contributed by atoms with E-state index in [2.05, 4.69) is 27.4 Å². The van der Waals surface area contributed by atoms with Crippen LogP contribution in [-0.4, -0.2) is 5.54 Å². The molecule has 0 heterocycles. The standard InChI is InChI=1S/C15H31N.BrH/c1-5-8-11-14(4)15(16,12-9-6-2)13-10-7-3;/h4-13,16H2,1-3H3;1H. The lowest BCUT2D eigenvalue weighted by Crippen LogP contribution is -2.41. The largest absolute Gasteiger partial charge is 0.322 e. The fourth-order valence-corrected chi connectivity index (χ4v) is 2.10. The molecule has 0 fully saturated rings. The molecule has 0 saturated heterocycles. The summed E-state index contributed by atoms with van der Waals surface area (Å²) in [5.41, 5.74) is 7.76. The molecule has 0 unspecified atom stereocenters. The van der Waals surface area contributed by atoms with E-state index in [1.54, 1.807) is 0 Å². The Bertz CT molecular complexity index is 181. The maximum absolute atomic E-state index is 6.55. The molecular weight excluding hydrogens is 274 g/mol. The summed E-state index contributed by atoms with van der Waals surface area (Å²) in [4.78, 5) is 0. The summed E-state index contributed by atoms with van der Waals surface area (Å²) in [6, 6.07) is 0. The first kappa shape index (κ1) is 19.5. The summed E-state index contributed by atoms with van der Waals surface area (Å²) in [6.07, 6.45) is 10.7. The molecule has 0 aromatic heterocycles. The van der Waals surface area contributed by atoms with Crippen LogP contribution in [0, 0.1) is 0 Å². The number of rotatable bonds is 10. The number of nitrogens with two attached hydrogens (primary N) is 1. The molecule has 0 aliphatic carbocycles. The van der Waals surface area contributed by atoms with E-state index in [9.17, 15) is 0 Å². The quantitative estimate of drug-likeness (QED) is 0.538. The Morgan fingerprint density at radius 2 is 1.35 bits per heavy atom. The smallest absolute Gasteiger partial charge is 0.0366 e. The molecular formula is C15H32BrN. The zero-order valence-electron chi connectivity index (χ0n) is 12.1. The van der Waals surface area contributed by atoms with Crippen LogP contribution >= 0.6 is 17.0 Å². The summed E-state index contributed by atoms with van der Waals surface area (Å²) < 4.78 is 0. The molecule has 1 nitrogen and oxygen atoms in total. The second-order valence-corrected chi connectivity index (χ2v) is 5.07. The molecule has 0 aliphatic heterocycles. The second kappa shape index (κ2) is 11.3. The average molecular weight is 306 g/mol. The van der Waals surface area contributed by atoms with Gasteiger partial charge in [0.15, 0.2) is 0 Å². The molecule has 0 spiro atoms. The van der Waals surface area contributed by atoms with E-state index in [0.717, 1.165) is 19.3 Å². The van der Waals surface area contributed by atoms with Crippen molar-refractivity contribution in [3.8, 4) is 0 Å². The van der Waals surface area contributed by atoms with Gasteiger partial charge in [-0.15, -0.1) is 17.0 Å². The maximum atomic E-state index is 6.55. The van der Waals surface area contributed by atoms with Gasteiger partial charge in [0.25, 0.3) is 0 Å². The molecule has 0 atom stereocenters. The fraction of sp³-hybridized carbons (Fsp3) is 0.867. The van der Waals surface area contributed by atoms with Gasteiger partial charge in [-0.05, 0) is 25.7 Å². The molecule has 0 amide bonds. The highest BCUT2D eigenvalue weighted by Crippen LogP contribution is 2.28. The van der Waals surface area contributed by atoms with Gasteiger partial charge >= 0.3 is 0 Å². The Hall–Kier alpha value is 0.180. The lowest BCUT2D eigenvalue weighted by atomic mass is 9.80. The zero-order chi connectivity index (χ0) is 12.4. The van der Waals surface area contributed by atoms with E-state index in [0.29, 0.717) is 0 Å². The third-order valence-corrected chi connectivity index (χ3v) is 3.49. The van der Waals surface area contributed by atoms with Crippen LogP contribution in [0.25, 0.3) is 0 Å². The Labute approximate surface area is 119 Å². The SMILES string of the molecule is Br.C=C(CCCC)C(N)(CCCC)CCCC. The number of unbranched alkanes of at least 4 members (excludes halogenated alkanes) is 3. The molecule has 17 heavy (non-hydrogen) atoms. The Kier molecular flexibility index (Phi) is 13.0. The van der Waals surface area contributed by atoms with Gasteiger partial charge in [-0.1, -0.05) is 65.0 Å². The van der Waals surface area contributed by atoms with Gasteiger partial charge in [-0.2, -0.15) is 0 Å². The summed E-state index contributed by atoms with van der Waals surface area (Å²) >= 11 is 0. The maximum Gasteiger partial charge on any atom is 0.0366 e. The first-order chi connectivity index (χ1) is 7.60. The minimum Gasteiger partial charge on any atom is -0.322 e. The Morgan fingerprint density at radius 1 is 0.941 bits per heavy atom. The van der Waals surface area contributed by atoms with E-state index < -0.39 is 0 Å². The summed E-state index contributed by atoms with van der Waals surface area (Å²) in [5.74, 6) is 0. The monoisotopic (exact) mass is 305 g/mol.